The minimum Gasteiger partial charge on any atom is -0.333 e. The van der Waals surface area contributed by atoms with E-state index in [2.05, 4.69) is 20.4 Å². The number of aromatic nitrogens is 3. The van der Waals surface area contributed by atoms with Crippen molar-refractivity contribution in [2.24, 2.45) is 0 Å². The molecule has 0 unspecified atom stereocenters. The topological polar surface area (TPSA) is 80.9 Å². The van der Waals surface area contributed by atoms with Gasteiger partial charge in [0.1, 0.15) is 10.7 Å². The highest BCUT2D eigenvalue weighted by Gasteiger charge is 2.20. The van der Waals surface area contributed by atoms with E-state index in [4.69, 9.17) is 4.52 Å². The molecule has 4 aromatic rings. The number of carbonyl (C=O) groups excluding carboxylic acids is 1. The molecule has 140 valence electrons. The van der Waals surface area contributed by atoms with Crippen LogP contribution in [-0.2, 0) is 6.42 Å². The van der Waals surface area contributed by atoms with Crippen molar-refractivity contribution in [3.8, 4) is 22.2 Å². The lowest BCUT2D eigenvalue weighted by molar-refractivity contribution is 0.102. The average molecular weight is 394 g/mol. The minimum atomic E-state index is -0.471. The summed E-state index contributed by atoms with van der Waals surface area (Å²) in [6.45, 7) is 1.95. The number of nitrogens with one attached hydrogen (secondary N) is 1. The molecule has 0 atom stereocenters. The monoisotopic (exact) mass is 394 g/mol. The lowest BCUT2D eigenvalue weighted by Crippen LogP contribution is -2.11. The van der Waals surface area contributed by atoms with Crippen molar-refractivity contribution in [2.45, 2.75) is 13.3 Å². The van der Waals surface area contributed by atoms with E-state index in [-0.39, 0.29) is 5.56 Å². The summed E-state index contributed by atoms with van der Waals surface area (Å²) in [5.41, 5.74) is 1.81. The van der Waals surface area contributed by atoms with Crippen LogP contribution in [0.3, 0.4) is 0 Å². The summed E-state index contributed by atoms with van der Waals surface area (Å²) in [6.07, 6.45) is 0.630. The van der Waals surface area contributed by atoms with E-state index in [1.165, 1.54) is 35.6 Å². The van der Waals surface area contributed by atoms with Crippen LogP contribution in [0.1, 0.15) is 23.0 Å². The van der Waals surface area contributed by atoms with Crippen LogP contribution in [0, 0.1) is 5.82 Å². The van der Waals surface area contributed by atoms with Crippen molar-refractivity contribution in [1.82, 2.24) is 15.1 Å². The van der Waals surface area contributed by atoms with E-state index in [1.54, 1.807) is 0 Å². The van der Waals surface area contributed by atoms with E-state index in [0.29, 0.717) is 28.1 Å². The number of aryl methyl sites for hydroxylation is 1. The van der Waals surface area contributed by atoms with Gasteiger partial charge in [0.15, 0.2) is 5.13 Å². The molecule has 0 aliphatic carbocycles. The van der Waals surface area contributed by atoms with Crippen molar-refractivity contribution in [3.63, 3.8) is 0 Å². The summed E-state index contributed by atoms with van der Waals surface area (Å²) in [5.74, 6) is -0.0742. The summed E-state index contributed by atoms with van der Waals surface area (Å²) >= 11 is 1.24. The third-order valence-electron chi connectivity index (χ3n) is 3.99. The van der Waals surface area contributed by atoms with Gasteiger partial charge in [-0.1, -0.05) is 59.8 Å². The first-order chi connectivity index (χ1) is 13.6. The summed E-state index contributed by atoms with van der Waals surface area (Å²) in [5, 5.41) is 7.12. The second-order valence-electron chi connectivity index (χ2n) is 5.90. The van der Waals surface area contributed by atoms with Gasteiger partial charge in [0, 0.05) is 11.1 Å². The summed E-state index contributed by atoms with van der Waals surface area (Å²) in [7, 11) is 0. The minimum absolute atomic E-state index is 0.221. The van der Waals surface area contributed by atoms with Crippen molar-refractivity contribution >= 4 is 22.4 Å². The SMILES string of the molecule is CCc1nc(NC(=O)c2cccc(F)c2)sc1-c1nc(-c2ccccc2)no1. The predicted octanol–water partition coefficient (Wildman–Crippen LogP) is 4.81. The molecule has 2 aromatic carbocycles. The van der Waals surface area contributed by atoms with Crippen LogP contribution in [0.25, 0.3) is 22.2 Å². The highest BCUT2D eigenvalue weighted by atomic mass is 32.1. The van der Waals surface area contributed by atoms with Gasteiger partial charge in [-0.3, -0.25) is 10.1 Å². The van der Waals surface area contributed by atoms with Crippen molar-refractivity contribution in [3.05, 3.63) is 71.7 Å². The van der Waals surface area contributed by atoms with Gasteiger partial charge in [-0.25, -0.2) is 9.37 Å². The maximum atomic E-state index is 13.3. The number of amides is 1. The number of hydrogen-bond donors (Lipinski definition) is 1. The number of benzene rings is 2. The van der Waals surface area contributed by atoms with Gasteiger partial charge in [-0.05, 0) is 24.6 Å². The summed E-state index contributed by atoms with van der Waals surface area (Å²) < 4.78 is 18.7. The van der Waals surface area contributed by atoms with Gasteiger partial charge >= 0.3 is 0 Å². The molecule has 0 spiro atoms. The van der Waals surface area contributed by atoms with Crippen LogP contribution in [0.15, 0.2) is 59.1 Å². The normalized spacial score (nSPS) is 10.8. The van der Waals surface area contributed by atoms with Crippen LogP contribution < -0.4 is 5.32 Å². The molecule has 0 aliphatic heterocycles. The van der Waals surface area contributed by atoms with Gasteiger partial charge in [0.05, 0.1) is 5.69 Å². The van der Waals surface area contributed by atoms with Crippen molar-refractivity contribution in [2.75, 3.05) is 5.32 Å². The smallest absolute Gasteiger partial charge is 0.270 e. The van der Waals surface area contributed by atoms with Gasteiger partial charge in [0.25, 0.3) is 11.8 Å². The fraction of sp³-hybridized carbons (Fsp3) is 0.100. The zero-order valence-corrected chi connectivity index (χ0v) is 15.7. The first kappa shape index (κ1) is 18.0. The van der Waals surface area contributed by atoms with Crippen LogP contribution in [-0.4, -0.2) is 21.0 Å². The molecule has 0 bridgehead atoms. The van der Waals surface area contributed by atoms with Gasteiger partial charge in [-0.2, -0.15) is 4.98 Å². The zero-order valence-electron chi connectivity index (χ0n) is 14.8. The quantitative estimate of drug-likeness (QED) is 0.525. The van der Waals surface area contributed by atoms with Gasteiger partial charge < -0.3 is 4.52 Å². The number of carbonyl (C=O) groups is 1. The third-order valence-corrected chi connectivity index (χ3v) is 4.99. The lowest BCUT2D eigenvalue weighted by Gasteiger charge is -2.01. The fourth-order valence-electron chi connectivity index (χ4n) is 2.63. The van der Waals surface area contributed by atoms with E-state index in [1.807, 2.05) is 37.3 Å². The van der Waals surface area contributed by atoms with Crippen molar-refractivity contribution in [1.29, 1.82) is 0 Å². The standard InChI is InChI=1S/C20H15FN4O2S/c1-2-15-16(19-23-17(25-27-19)12-7-4-3-5-8-12)28-20(22-15)24-18(26)13-9-6-10-14(21)11-13/h3-11H,2H2,1H3,(H,22,24,26). The maximum Gasteiger partial charge on any atom is 0.270 e. The number of anilines is 1. The van der Waals surface area contributed by atoms with Crippen LogP contribution in [0.5, 0.6) is 0 Å². The molecule has 0 fully saturated rings. The first-order valence-electron chi connectivity index (χ1n) is 8.60. The molecular weight excluding hydrogens is 379 g/mol. The molecule has 6 nitrogen and oxygen atoms in total. The third kappa shape index (κ3) is 3.67. The Morgan fingerprint density at radius 3 is 2.71 bits per heavy atom. The Bertz CT molecular complexity index is 1120. The van der Waals surface area contributed by atoms with E-state index >= 15 is 0 Å². The molecule has 0 aliphatic rings. The lowest BCUT2D eigenvalue weighted by atomic mass is 10.2. The molecule has 1 N–H and O–H groups in total. The Morgan fingerprint density at radius 1 is 1.14 bits per heavy atom. The molecule has 28 heavy (non-hydrogen) atoms. The predicted molar refractivity (Wildman–Crippen MR) is 105 cm³/mol. The zero-order chi connectivity index (χ0) is 19.5. The Morgan fingerprint density at radius 2 is 1.96 bits per heavy atom. The van der Waals surface area contributed by atoms with E-state index < -0.39 is 11.7 Å². The van der Waals surface area contributed by atoms with Crippen LogP contribution in [0.4, 0.5) is 9.52 Å². The number of halogens is 1. The van der Waals surface area contributed by atoms with Gasteiger partial charge in [0.2, 0.25) is 5.82 Å². The highest BCUT2D eigenvalue weighted by molar-refractivity contribution is 7.19. The molecule has 8 heteroatoms. The highest BCUT2D eigenvalue weighted by Crippen LogP contribution is 2.33. The summed E-state index contributed by atoms with van der Waals surface area (Å²) in [4.78, 5) is 21.9. The second-order valence-corrected chi connectivity index (χ2v) is 6.90. The molecule has 1 amide bonds. The Hall–Kier alpha value is -3.39. The fourth-order valence-corrected chi connectivity index (χ4v) is 3.60. The number of rotatable bonds is 5. The van der Waals surface area contributed by atoms with Crippen molar-refractivity contribution < 1.29 is 13.7 Å². The molecule has 0 saturated carbocycles. The molecular formula is C20H15FN4O2S. The second kappa shape index (κ2) is 7.69. The maximum absolute atomic E-state index is 13.3. The molecule has 0 saturated heterocycles. The average Bonchev–Trinajstić information content (AvgIpc) is 3.35. The van der Waals surface area contributed by atoms with Crippen LogP contribution >= 0.6 is 11.3 Å². The largest absolute Gasteiger partial charge is 0.333 e. The molecule has 2 aromatic heterocycles. The van der Waals surface area contributed by atoms with Gasteiger partial charge in [-0.15, -0.1) is 0 Å². The number of hydrogen-bond acceptors (Lipinski definition) is 6. The van der Waals surface area contributed by atoms with Crippen LogP contribution in [0.2, 0.25) is 0 Å². The Labute approximate surface area is 164 Å². The first-order valence-corrected chi connectivity index (χ1v) is 9.42. The molecule has 0 radical (unpaired) electrons. The Kier molecular flexibility index (Phi) is 4.94. The molecule has 2 heterocycles. The van der Waals surface area contributed by atoms with E-state index in [9.17, 15) is 9.18 Å². The number of thiazole rings is 1. The van der Waals surface area contributed by atoms with E-state index in [0.717, 1.165) is 11.3 Å². The molecule has 4 rings (SSSR count). The summed E-state index contributed by atoms with van der Waals surface area (Å²) in [6, 6.07) is 15.0. The number of nitrogens with zero attached hydrogens (tertiary/aromatic N) is 3. The Balaban J connectivity index is 1.60.